The third-order valence-corrected chi connectivity index (χ3v) is 14.2. The highest BCUT2D eigenvalue weighted by Gasteiger charge is 2.47. The summed E-state index contributed by atoms with van der Waals surface area (Å²) in [6.07, 6.45) is 6.93. The van der Waals surface area contributed by atoms with Gasteiger partial charge in [0.2, 0.25) is 0 Å². The van der Waals surface area contributed by atoms with Crippen molar-refractivity contribution in [3.63, 3.8) is 0 Å². The van der Waals surface area contributed by atoms with E-state index in [0.717, 1.165) is 24.2 Å². The van der Waals surface area contributed by atoms with E-state index < -0.39 is 5.41 Å². The number of hydrogen-bond acceptors (Lipinski definition) is 1. The van der Waals surface area contributed by atoms with Gasteiger partial charge in [-0.05, 0) is 126 Å². The number of fused-ring (bicyclic) bond motifs is 6. The van der Waals surface area contributed by atoms with Gasteiger partial charge in [0.15, 0.2) is 0 Å². The number of nitrogens with zero attached hydrogens (tertiary/aromatic N) is 1. The minimum Gasteiger partial charge on any atom is -0.310 e. The first-order valence-corrected chi connectivity index (χ1v) is 22.4. The van der Waals surface area contributed by atoms with Crippen LogP contribution in [0, 0.1) is 0 Å². The summed E-state index contributed by atoms with van der Waals surface area (Å²) in [5.74, 6) is 0. The number of benzene rings is 9. The molecular formula is C62H47N. The van der Waals surface area contributed by atoms with Crippen molar-refractivity contribution in [2.45, 2.75) is 37.5 Å². The number of rotatable bonds is 7. The molecule has 0 saturated heterocycles. The van der Waals surface area contributed by atoms with E-state index in [2.05, 4.69) is 243 Å². The van der Waals surface area contributed by atoms with Gasteiger partial charge in [-0.15, -0.1) is 0 Å². The van der Waals surface area contributed by atoms with Gasteiger partial charge in [-0.25, -0.2) is 0 Å². The van der Waals surface area contributed by atoms with Crippen molar-refractivity contribution in [3.05, 3.63) is 263 Å². The summed E-state index contributed by atoms with van der Waals surface area (Å²) < 4.78 is 0. The smallest absolute Gasteiger partial charge is 0.0714 e. The molecule has 0 aromatic heterocycles. The van der Waals surface area contributed by atoms with Crippen molar-refractivity contribution in [2.24, 2.45) is 0 Å². The lowest BCUT2D eigenvalue weighted by atomic mass is 9.68. The molecular weight excluding hydrogens is 759 g/mol. The second-order valence-electron chi connectivity index (χ2n) is 17.9. The quantitative estimate of drug-likeness (QED) is 0.155. The Balaban J connectivity index is 1.10. The van der Waals surface area contributed by atoms with Crippen LogP contribution in [0.5, 0.6) is 0 Å². The maximum absolute atomic E-state index is 2.54. The number of hydrogen-bond donors (Lipinski definition) is 0. The summed E-state index contributed by atoms with van der Waals surface area (Å²) in [5.41, 5.74) is 21.2. The molecule has 1 nitrogen and oxygen atoms in total. The first-order chi connectivity index (χ1) is 31.0. The predicted octanol–water partition coefficient (Wildman–Crippen LogP) is 16.4. The summed E-state index contributed by atoms with van der Waals surface area (Å²) in [5, 5.41) is 2.51. The first-order valence-electron chi connectivity index (χ1n) is 22.4. The number of anilines is 3. The molecule has 0 bridgehead atoms. The zero-order valence-corrected chi connectivity index (χ0v) is 35.7. The van der Waals surface area contributed by atoms with E-state index in [1.165, 1.54) is 94.4 Å². The van der Waals surface area contributed by atoms with Crippen LogP contribution in [0.1, 0.15) is 60.1 Å². The Morgan fingerprint density at radius 2 is 1.08 bits per heavy atom. The predicted molar refractivity (Wildman–Crippen MR) is 265 cm³/mol. The Morgan fingerprint density at radius 3 is 1.84 bits per heavy atom. The normalized spacial score (nSPS) is 15.1. The molecule has 0 heterocycles. The molecule has 0 saturated carbocycles. The molecule has 1 heteroatoms. The van der Waals surface area contributed by atoms with Crippen molar-refractivity contribution in [2.75, 3.05) is 4.90 Å². The minimum atomic E-state index is -0.501. The SMILES string of the molecule is CC1(C)C2=C(CCC=C2)c2ccc(N(c3ccc(-c4ccc5ccccc5c4-c4ccccc4)cc3)c3cccc4c3-c3ccccc3C4(c3ccccc3)c3ccccc3)cc21. The van der Waals surface area contributed by atoms with Gasteiger partial charge in [0.1, 0.15) is 0 Å². The lowest BCUT2D eigenvalue weighted by molar-refractivity contribution is 0.651. The van der Waals surface area contributed by atoms with Crippen molar-refractivity contribution < 1.29 is 0 Å². The van der Waals surface area contributed by atoms with Crippen LogP contribution in [0.2, 0.25) is 0 Å². The minimum absolute atomic E-state index is 0.0992. The Labute approximate surface area is 371 Å². The van der Waals surface area contributed by atoms with E-state index >= 15 is 0 Å². The van der Waals surface area contributed by atoms with E-state index in [4.69, 9.17) is 0 Å². The van der Waals surface area contributed by atoms with Crippen LogP contribution in [0.25, 0.3) is 49.7 Å². The fourth-order valence-electron chi connectivity index (χ4n) is 11.4. The van der Waals surface area contributed by atoms with E-state index in [1.807, 2.05) is 0 Å². The van der Waals surface area contributed by atoms with Gasteiger partial charge >= 0.3 is 0 Å². The Morgan fingerprint density at radius 1 is 0.444 bits per heavy atom. The fourth-order valence-corrected chi connectivity index (χ4v) is 11.4. The van der Waals surface area contributed by atoms with Gasteiger partial charge in [0, 0.05) is 22.4 Å². The highest BCUT2D eigenvalue weighted by atomic mass is 15.1. The lowest BCUT2D eigenvalue weighted by Crippen LogP contribution is -2.28. The first kappa shape index (κ1) is 37.3. The summed E-state index contributed by atoms with van der Waals surface area (Å²) in [4.78, 5) is 2.54. The van der Waals surface area contributed by atoms with Crippen LogP contribution >= 0.6 is 0 Å². The molecule has 63 heavy (non-hydrogen) atoms. The molecule has 9 aromatic carbocycles. The summed E-state index contributed by atoms with van der Waals surface area (Å²) >= 11 is 0. The van der Waals surface area contributed by atoms with Crippen molar-refractivity contribution >= 4 is 33.4 Å². The highest BCUT2D eigenvalue weighted by Crippen LogP contribution is 2.60. The third kappa shape index (κ3) is 5.62. The van der Waals surface area contributed by atoms with Gasteiger partial charge in [0.25, 0.3) is 0 Å². The zero-order valence-electron chi connectivity index (χ0n) is 35.7. The van der Waals surface area contributed by atoms with Gasteiger partial charge < -0.3 is 4.90 Å². The lowest BCUT2D eigenvalue weighted by Gasteiger charge is -2.34. The molecule has 0 atom stereocenters. The van der Waals surface area contributed by atoms with E-state index in [1.54, 1.807) is 0 Å². The largest absolute Gasteiger partial charge is 0.310 e. The molecule has 0 amide bonds. The molecule has 3 aliphatic carbocycles. The molecule has 0 unspecified atom stereocenters. The summed E-state index contributed by atoms with van der Waals surface area (Å²) in [7, 11) is 0. The molecule has 0 N–H and O–H groups in total. The summed E-state index contributed by atoms with van der Waals surface area (Å²) in [6, 6.07) is 79.2. The van der Waals surface area contributed by atoms with E-state index in [-0.39, 0.29) is 5.41 Å². The second-order valence-corrected chi connectivity index (χ2v) is 17.9. The Bertz CT molecular complexity index is 3240. The van der Waals surface area contributed by atoms with Crippen LogP contribution < -0.4 is 4.90 Å². The van der Waals surface area contributed by atoms with Crippen LogP contribution in [-0.2, 0) is 10.8 Å². The van der Waals surface area contributed by atoms with Gasteiger partial charge in [-0.1, -0.05) is 208 Å². The maximum Gasteiger partial charge on any atom is 0.0714 e. The van der Waals surface area contributed by atoms with Crippen LogP contribution in [0.15, 0.2) is 230 Å². The number of allylic oxidation sites excluding steroid dienone is 4. The van der Waals surface area contributed by atoms with Crippen molar-refractivity contribution in [1.29, 1.82) is 0 Å². The van der Waals surface area contributed by atoms with Crippen LogP contribution in [0.4, 0.5) is 17.1 Å². The van der Waals surface area contributed by atoms with E-state index in [0.29, 0.717) is 0 Å². The molecule has 0 spiro atoms. The van der Waals surface area contributed by atoms with Crippen LogP contribution in [0.3, 0.4) is 0 Å². The topological polar surface area (TPSA) is 3.24 Å². The van der Waals surface area contributed by atoms with Crippen LogP contribution in [-0.4, -0.2) is 0 Å². The molecule has 0 aliphatic heterocycles. The van der Waals surface area contributed by atoms with Gasteiger partial charge in [0.05, 0.1) is 11.1 Å². The molecule has 0 fully saturated rings. The van der Waals surface area contributed by atoms with Crippen molar-refractivity contribution in [3.8, 4) is 33.4 Å². The van der Waals surface area contributed by atoms with E-state index in [9.17, 15) is 0 Å². The highest BCUT2D eigenvalue weighted by molar-refractivity contribution is 6.04. The van der Waals surface area contributed by atoms with Gasteiger partial charge in [-0.3, -0.25) is 0 Å². The van der Waals surface area contributed by atoms with Crippen molar-refractivity contribution in [1.82, 2.24) is 0 Å². The Hall–Kier alpha value is -7.48. The molecule has 3 aliphatic rings. The fraction of sp³-hybridized carbons (Fsp3) is 0.0968. The average molecular weight is 806 g/mol. The second kappa shape index (κ2) is 14.6. The Kier molecular flexibility index (Phi) is 8.63. The third-order valence-electron chi connectivity index (χ3n) is 14.2. The molecule has 300 valence electrons. The molecule has 12 rings (SSSR count). The monoisotopic (exact) mass is 805 g/mol. The van der Waals surface area contributed by atoms with Gasteiger partial charge in [-0.2, -0.15) is 0 Å². The average Bonchev–Trinajstić information content (AvgIpc) is 3.78. The standard InChI is InChI=1S/C62H47N/c1-61(2)54-29-16-14-27-51(54)52-40-38-48(41-57(52)61)63(47-36-33-43(34-37-47)50-39-35-42-19-12-13-26-49(42)59(50)44-20-6-3-7-21-44)58-32-18-31-56-60(58)53-28-15-17-30-55(53)62(56,45-22-8-4-9-23-45)46-24-10-5-11-25-46/h3-13,15-26,28-41H,14,27H2,1-2H3. The molecule has 9 aromatic rings. The molecule has 0 radical (unpaired) electrons. The zero-order chi connectivity index (χ0) is 42.1. The maximum atomic E-state index is 2.54. The summed E-state index contributed by atoms with van der Waals surface area (Å²) in [6.45, 7) is 4.82.